The van der Waals surface area contributed by atoms with Crippen molar-refractivity contribution in [3.63, 3.8) is 0 Å². The van der Waals surface area contributed by atoms with Gasteiger partial charge < -0.3 is 15.1 Å². The Labute approximate surface area is 110 Å². The van der Waals surface area contributed by atoms with Crippen LogP contribution < -0.4 is 5.73 Å². The Bertz CT molecular complexity index is 367. The van der Waals surface area contributed by atoms with Gasteiger partial charge in [0.15, 0.2) is 0 Å². The molecule has 0 saturated carbocycles. The van der Waals surface area contributed by atoms with Crippen LogP contribution in [0.1, 0.15) is 30.4 Å². The number of furan rings is 1. The van der Waals surface area contributed by atoms with Gasteiger partial charge in [-0.2, -0.15) is 0 Å². The summed E-state index contributed by atoms with van der Waals surface area (Å²) in [6, 6.07) is 2.10. The molecule has 1 aliphatic heterocycles. The zero-order valence-corrected chi connectivity index (χ0v) is 11.6. The van der Waals surface area contributed by atoms with E-state index in [2.05, 4.69) is 22.8 Å². The number of hydrogen-bond donors (Lipinski definition) is 1. The number of nitrogens with zero attached hydrogens (tertiary/aromatic N) is 2. The van der Waals surface area contributed by atoms with E-state index >= 15 is 0 Å². The van der Waals surface area contributed by atoms with Crippen molar-refractivity contribution in [1.82, 2.24) is 9.80 Å². The molecule has 18 heavy (non-hydrogen) atoms. The number of rotatable bonds is 5. The maximum absolute atomic E-state index is 5.60. The molecule has 0 bridgehead atoms. The lowest BCUT2D eigenvalue weighted by molar-refractivity contribution is 0.127. The van der Waals surface area contributed by atoms with Crippen LogP contribution in [0.5, 0.6) is 0 Å². The van der Waals surface area contributed by atoms with E-state index in [1.807, 2.05) is 6.92 Å². The zero-order valence-electron chi connectivity index (χ0n) is 11.6. The third kappa shape index (κ3) is 3.34. The molecule has 0 amide bonds. The fourth-order valence-corrected chi connectivity index (χ4v) is 2.57. The largest absolute Gasteiger partial charge is 0.465 e. The van der Waals surface area contributed by atoms with Gasteiger partial charge in [0, 0.05) is 38.3 Å². The van der Waals surface area contributed by atoms with Crippen LogP contribution in [0.4, 0.5) is 0 Å². The number of nitrogens with two attached hydrogens (primary N) is 1. The minimum atomic E-state index is 0.491. The predicted molar refractivity (Wildman–Crippen MR) is 73.3 cm³/mol. The van der Waals surface area contributed by atoms with Gasteiger partial charge in [-0.3, -0.25) is 4.90 Å². The monoisotopic (exact) mass is 251 g/mol. The summed E-state index contributed by atoms with van der Waals surface area (Å²) in [6.45, 7) is 11.7. The van der Waals surface area contributed by atoms with Gasteiger partial charge in [0.05, 0.1) is 6.54 Å². The SMILES string of the molecule is CCCN1CCN(Cc2cc(CN)oc2C)CC1. The summed E-state index contributed by atoms with van der Waals surface area (Å²) >= 11 is 0. The summed E-state index contributed by atoms with van der Waals surface area (Å²) < 4.78 is 5.60. The number of aryl methyl sites for hydroxylation is 1. The zero-order chi connectivity index (χ0) is 13.0. The van der Waals surface area contributed by atoms with E-state index in [-0.39, 0.29) is 0 Å². The molecule has 2 heterocycles. The quantitative estimate of drug-likeness (QED) is 0.863. The second kappa shape index (κ2) is 6.36. The van der Waals surface area contributed by atoms with E-state index in [9.17, 15) is 0 Å². The third-order valence-corrected chi connectivity index (χ3v) is 3.67. The van der Waals surface area contributed by atoms with Crippen molar-refractivity contribution in [3.05, 3.63) is 23.2 Å². The van der Waals surface area contributed by atoms with Crippen molar-refractivity contribution in [1.29, 1.82) is 0 Å². The molecular weight excluding hydrogens is 226 g/mol. The van der Waals surface area contributed by atoms with E-state index in [4.69, 9.17) is 10.2 Å². The van der Waals surface area contributed by atoms with E-state index < -0.39 is 0 Å². The molecule has 1 aliphatic rings. The molecule has 4 heteroatoms. The molecule has 0 spiro atoms. The van der Waals surface area contributed by atoms with Gasteiger partial charge >= 0.3 is 0 Å². The third-order valence-electron chi connectivity index (χ3n) is 3.67. The fraction of sp³-hybridized carbons (Fsp3) is 0.714. The first-order valence-electron chi connectivity index (χ1n) is 6.96. The van der Waals surface area contributed by atoms with Gasteiger partial charge in [0.2, 0.25) is 0 Å². The maximum atomic E-state index is 5.60. The lowest BCUT2D eigenvalue weighted by Crippen LogP contribution is -2.45. The Morgan fingerprint density at radius 1 is 1.22 bits per heavy atom. The lowest BCUT2D eigenvalue weighted by atomic mass is 10.2. The van der Waals surface area contributed by atoms with Crippen molar-refractivity contribution in [2.45, 2.75) is 33.4 Å². The average molecular weight is 251 g/mol. The molecule has 0 unspecified atom stereocenters. The molecule has 1 aromatic rings. The van der Waals surface area contributed by atoms with Crippen LogP contribution in [0.25, 0.3) is 0 Å². The number of piperazine rings is 1. The minimum Gasteiger partial charge on any atom is -0.465 e. The molecule has 1 fully saturated rings. The van der Waals surface area contributed by atoms with Gasteiger partial charge in [-0.25, -0.2) is 0 Å². The molecule has 0 atom stereocenters. The Morgan fingerprint density at radius 2 is 1.89 bits per heavy atom. The summed E-state index contributed by atoms with van der Waals surface area (Å²) in [4.78, 5) is 5.05. The Kier molecular flexibility index (Phi) is 4.80. The first-order valence-corrected chi connectivity index (χ1v) is 6.96. The summed E-state index contributed by atoms with van der Waals surface area (Å²) in [6.07, 6.45) is 1.25. The fourth-order valence-electron chi connectivity index (χ4n) is 2.57. The van der Waals surface area contributed by atoms with Gasteiger partial charge in [-0.05, 0) is 26.0 Å². The van der Waals surface area contributed by atoms with Crippen LogP contribution in [0, 0.1) is 6.92 Å². The molecule has 0 radical (unpaired) electrons. The second-order valence-corrected chi connectivity index (χ2v) is 5.12. The van der Waals surface area contributed by atoms with Crippen molar-refractivity contribution in [2.24, 2.45) is 5.73 Å². The van der Waals surface area contributed by atoms with Gasteiger partial charge in [-0.1, -0.05) is 6.92 Å². The smallest absolute Gasteiger partial charge is 0.118 e. The summed E-state index contributed by atoms with van der Waals surface area (Å²) in [7, 11) is 0. The van der Waals surface area contributed by atoms with Crippen LogP contribution in [0.2, 0.25) is 0 Å². The highest BCUT2D eigenvalue weighted by Gasteiger charge is 2.17. The lowest BCUT2D eigenvalue weighted by Gasteiger charge is -2.34. The van der Waals surface area contributed by atoms with Gasteiger partial charge in [0.1, 0.15) is 11.5 Å². The topological polar surface area (TPSA) is 45.6 Å². The molecular formula is C14H25N3O. The van der Waals surface area contributed by atoms with Gasteiger partial charge in [0.25, 0.3) is 0 Å². The molecule has 4 nitrogen and oxygen atoms in total. The molecule has 2 N–H and O–H groups in total. The van der Waals surface area contributed by atoms with Crippen LogP contribution in [-0.4, -0.2) is 42.5 Å². The van der Waals surface area contributed by atoms with Crippen molar-refractivity contribution < 1.29 is 4.42 Å². The first kappa shape index (κ1) is 13.6. The molecule has 1 saturated heterocycles. The Hall–Kier alpha value is -0.840. The molecule has 0 aliphatic carbocycles. The van der Waals surface area contributed by atoms with Crippen LogP contribution in [0.15, 0.2) is 10.5 Å². The Balaban J connectivity index is 1.85. The summed E-state index contributed by atoms with van der Waals surface area (Å²) in [5, 5.41) is 0. The molecule has 0 aromatic carbocycles. The van der Waals surface area contributed by atoms with Crippen molar-refractivity contribution in [3.8, 4) is 0 Å². The second-order valence-electron chi connectivity index (χ2n) is 5.12. The normalized spacial score (nSPS) is 18.4. The molecule has 1 aromatic heterocycles. The molecule has 2 rings (SSSR count). The van der Waals surface area contributed by atoms with Crippen molar-refractivity contribution in [2.75, 3.05) is 32.7 Å². The van der Waals surface area contributed by atoms with E-state index in [1.165, 1.54) is 31.6 Å². The van der Waals surface area contributed by atoms with E-state index in [0.29, 0.717) is 6.54 Å². The Morgan fingerprint density at radius 3 is 2.44 bits per heavy atom. The van der Waals surface area contributed by atoms with Gasteiger partial charge in [-0.15, -0.1) is 0 Å². The number of hydrogen-bond acceptors (Lipinski definition) is 4. The first-order chi connectivity index (χ1) is 8.72. The maximum Gasteiger partial charge on any atom is 0.118 e. The van der Waals surface area contributed by atoms with Crippen LogP contribution in [0.3, 0.4) is 0 Å². The highest BCUT2D eigenvalue weighted by atomic mass is 16.3. The van der Waals surface area contributed by atoms with Crippen molar-refractivity contribution >= 4 is 0 Å². The molecule has 102 valence electrons. The average Bonchev–Trinajstić information content (AvgIpc) is 2.73. The minimum absolute atomic E-state index is 0.491. The van der Waals surface area contributed by atoms with E-state index in [1.54, 1.807) is 0 Å². The van der Waals surface area contributed by atoms with E-state index in [0.717, 1.165) is 31.2 Å². The van der Waals surface area contributed by atoms with Crippen LogP contribution >= 0.6 is 0 Å². The summed E-state index contributed by atoms with van der Waals surface area (Å²) in [5.41, 5.74) is 6.89. The summed E-state index contributed by atoms with van der Waals surface area (Å²) in [5.74, 6) is 1.92. The highest BCUT2D eigenvalue weighted by molar-refractivity contribution is 5.20. The highest BCUT2D eigenvalue weighted by Crippen LogP contribution is 2.17. The van der Waals surface area contributed by atoms with Crippen LogP contribution in [-0.2, 0) is 13.1 Å². The predicted octanol–water partition coefficient (Wildman–Crippen LogP) is 1.57. The standard InChI is InChI=1S/C14H25N3O/c1-3-4-16-5-7-17(8-6-16)11-13-9-14(10-15)18-12(13)2/h9H,3-8,10-11,15H2,1-2H3.